The third-order valence-electron chi connectivity index (χ3n) is 2.58. The second kappa shape index (κ2) is 5.22. The summed E-state index contributed by atoms with van der Waals surface area (Å²) < 4.78 is 22.4. The van der Waals surface area contributed by atoms with E-state index in [1.807, 2.05) is 0 Å². The highest BCUT2D eigenvalue weighted by molar-refractivity contribution is 7.94. The summed E-state index contributed by atoms with van der Waals surface area (Å²) >= 11 is 5.69. The SMILES string of the molecule is O=[N+]([O-])c1cc(Cl)cc(C=N[C@@H]2C=CS(=O)(=O)C2)c1[O-]. The molecule has 0 aliphatic carbocycles. The molecule has 0 fully saturated rings. The standard InChI is InChI=1S/C11H9ClN2O5S/c12-8-3-7(11(15)10(4-8)14(16)17)5-13-9-1-2-20(18,19)6-9/h1-5,9,15H,6H2/p-1/t9-/m1/s1. The third-order valence-corrected chi connectivity index (χ3v) is 4.17. The number of sulfone groups is 1. The van der Waals surface area contributed by atoms with Gasteiger partial charge in [0, 0.05) is 22.7 Å². The average Bonchev–Trinajstić information content (AvgIpc) is 2.69. The van der Waals surface area contributed by atoms with Gasteiger partial charge in [-0.1, -0.05) is 11.6 Å². The van der Waals surface area contributed by atoms with Crippen LogP contribution in [-0.2, 0) is 9.84 Å². The minimum atomic E-state index is -3.25. The number of aliphatic imine (C=N–C) groups is 1. The van der Waals surface area contributed by atoms with E-state index in [2.05, 4.69) is 4.99 Å². The van der Waals surface area contributed by atoms with Gasteiger partial charge in [0.1, 0.15) is 0 Å². The van der Waals surface area contributed by atoms with Gasteiger partial charge in [-0.05, 0) is 23.5 Å². The first-order valence-corrected chi connectivity index (χ1v) is 7.47. The fraction of sp³-hybridized carbons (Fsp3) is 0.182. The van der Waals surface area contributed by atoms with Crippen LogP contribution in [0.5, 0.6) is 5.75 Å². The first-order valence-electron chi connectivity index (χ1n) is 5.37. The summed E-state index contributed by atoms with van der Waals surface area (Å²) in [7, 11) is -3.25. The van der Waals surface area contributed by atoms with E-state index in [0.717, 1.165) is 17.7 Å². The Bertz CT molecular complexity index is 727. The maximum absolute atomic E-state index is 11.8. The fourth-order valence-corrected chi connectivity index (χ4v) is 3.09. The van der Waals surface area contributed by atoms with Crippen molar-refractivity contribution >= 4 is 33.3 Å². The van der Waals surface area contributed by atoms with Crippen LogP contribution in [0.3, 0.4) is 0 Å². The summed E-state index contributed by atoms with van der Waals surface area (Å²) in [5.41, 5.74) is -0.699. The van der Waals surface area contributed by atoms with Crippen molar-refractivity contribution in [3.63, 3.8) is 0 Å². The van der Waals surface area contributed by atoms with Crippen molar-refractivity contribution in [2.75, 3.05) is 5.75 Å². The highest BCUT2D eigenvalue weighted by Gasteiger charge is 2.20. The molecule has 0 N–H and O–H groups in total. The van der Waals surface area contributed by atoms with Gasteiger partial charge in [-0.25, -0.2) is 8.42 Å². The molecule has 0 amide bonds. The summed E-state index contributed by atoms with van der Waals surface area (Å²) in [6, 6.07) is 1.60. The Balaban J connectivity index is 2.31. The average molecular weight is 316 g/mol. The molecule has 9 heteroatoms. The van der Waals surface area contributed by atoms with Gasteiger partial charge in [-0.3, -0.25) is 15.1 Å². The minimum Gasteiger partial charge on any atom is -0.867 e. The monoisotopic (exact) mass is 315 g/mol. The Morgan fingerprint density at radius 2 is 2.15 bits per heavy atom. The zero-order valence-corrected chi connectivity index (χ0v) is 11.5. The Hall–Kier alpha value is -1.93. The van der Waals surface area contributed by atoms with E-state index in [4.69, 9.17) is 11.6 Å². The molecule has 1 aliphatic rings. The molecule has 1 aromatic carbocycles. The lowest BCUT2D eigenvalue weighted by Gasteiger charge is -2.11. The van der Waals surface area contributed by atoms with Crippen LogP contribution in [0.1, 0.15) is 5.56 Å². The second-order valence-corrected chi connectivity index (χ2v) is 6.47. The molecule has 0 radical (unpaired) electrons. The molecule has 2 rings (SSSR count). The topological polar surface area (TPSA) is 113 Å². The number of nitro benzene ring substituents is 1. The lowest BCUT2D eigenvalue weighted by atomic mass is 10.2. The van der Waals surface area contributed by atoms with Crippen LogP contribution in [0.25, 0.3) is 0 Å². The van der Waals surface area contributed by atoms with Crippen LogP contribution in [0, 0.1) is 10.1 Å². The number of hydrogen-bond donors (Lipinski definition) is 0. The van der Waals surface area contributed by atoms with Gasteiger partial charge in [-0.2, -0.15) is 0 Å². The Morgan fingerprint density at radius 3 is 2.70 bits per heavy atom. The summed E-state index contributed by atoms with van der Waals surface area (Å²) in [4.78, 5) is 13.8. The van der Waals surface area contributed by atoms with Crippen LogP contribution in [0.2, 0.25) is 5.02 Å². The normalized spacial score (nSPS) is 20.6. The molecule has 20 heavy (non-hydrogen) atoms. The van der Waals surface area contributed by atoms with Crippen LogP contribution in [0.4, 0.5) is 5.69 Å². The Labute approximate surface area is 119 Å². The van der Waals surface area contributed by atoms with E-state index in [1.54, 1.807) is 0 Å². The minimum absolute atomic E-state index is 0.0346. The molecule has 0 saturated carbocycles. The highest BCUT2D eigenvalue weighted by atomic mass is 35.5. The van der Waals surface area contributed by atoms with Gasteiger partial charge in [0.05, 0.1) is 16.7 Å². The van der Waals surface area contributed by atoms with E-state index < -0.39 is 32.2 Å². The molecule has 1 aromatic rings. The predicted molar refractivity (Wildman–Crippen MR) is 71.9 cm³/mol. The third kappa shape index (κ3) is 3.14. The van der Waals surface area contributed by atoms with E-state index in [1.165, 1.54) is 12.1 Å². The zero-order valence-electron chi connectivity index (χ0n) is 9.89. The number of hydrogen-bond acceptors (Lipinski definition) is 6. The van der Waals surface area contributed by atoms with Crippen LogP contribution < -0.4 is 5.11 Å². The molecule has 1 atom stereocenters. The lowest BCUT2D eigenvalue weighted by molar-refractivity contribution is -0.398. The quantitative estimate of drug-likeness (QED) is 0.470. The number of benzene rings is 1. The van der Waals surface area contributed by atoms with Gasteiger partial charge in [0.15, 0.2) is 9.84 Å². The van der Waals surface area contributed by atoms with Gasteiger partial charge in [0.25, 0.3) is 5.69 Å². The first kappa shape index (κ1) is 14.5. The second-order valence-electron chi connectivity index (χ2n) is 4.10. The molecule has 0 aromatic heterocycles. The lowest BCUT2D eigenvalue weighted by Crippen LogP contribution is -2.09. The smallest absolute Gasteiger partial charge is 0.263 e. The largest absolute Gasteiger partial charge is 0.867 e. The van der Waals surface area contributed by atoms with Crippen molar-refractivity contribution in [2.45, 2.75) is 6.04 Å². The number of nitro groups is 1. The molecular weight excluding hydrogens is 308 g/mol. The molecule has 0 unspecified atom stereocenters. The molecule has 1 heterocycles. The van der Waals surface area contributed by atoms with E-state index in [-0.39, 0.29) is 16.3 Å². The van der Waals surface area contributed by atoms with Gasteiger partial charge >= 0.3 is 0 Å². The van der Waals surface area contributed by atoms with Crippen molar-refractivity contribution < 1.29 is 18.4 Å². The maximum Gasteiger partial charge on any atom is 0.263 e. The van der Waals surface area contributed by atoms with Crippen molar-refractivity contribution in [1.82, 2.24) is 0 Å². The molecule has 7 nitrogen and oxygen atoms in total. The van der Waals surface area contributed by atoms with Gasteiger partial charge in [0.2, 0.25) is 0 Å². The molecule has 1 aliphatic heterocycles. The van der Waals surface area contributed by atoms with Crippen LogP contribution >= 0.6 is 11.6 Å². The van der Waals surface area contributed by atoms with Crippen molar-refractivity contribution in [1.29, 1.82) is 0 Å². The molecule has 0 spiro atoms. The van der Waals surface area contributed by atoms with E-state index in [9.17, 15) is 23.6 Å². The molecule has 0 bridgehead atoms. The van der Waals surface area contributed by atoms with Gasteiger partial charge < -0.3 is 5.11 Å². The highest BCUT2D eigenvalue weighted by Crippen LogP contribution is 2.30. The van der Waals surface area contributed by atoms with Gasteiger partial charge in [-0.15, -0.1) is 0 Å². The predicted octanol–water partition coefficient (Wildman–Crippen LogP) is 1.05. The van der Waals surface area contributed by atoms with Crippen molar-refractivity contribution in [3.8, 4) is 5.75 Å². The molecular formula is C11H8ClN2O5S-. The number of rotatable bonds is 3. The number of nitrogens with zero attached hydrogens (tertiary/aromatic N) is 2. The zero-order chi connectivity index (χ0) is 14.9. The van der Waals surface area contributed by atoms with Crippen molar-refractivity contribution in [3.05, 3.63) is 44.3 Å². The fourth-order valence-electron chi connectivity index (χ4n) is 1.66. The maximum atomic E-state index is 11.8. The first-order chi connectivity index (χ1) is 9.28. The van der Waals surface area contributed by atoms with E-state index in [0.29, 0.717) is 0 Å². The summed E-state index contributed by atoms with van der Waals surface area (Å²) in [5, 5.41) is 23.5. The number of halogens is 1. The summed E-state index contributed by atoms with van der Waals surface area (Å²) in [6.07, 6.45) is 2.49. The summed E-state index contributed by atoms with van der Waals surface area (Å²) in [6.45, 7) is 0. The van der Waals surface area contributed by atoms with Crippen molar-refractivity contribution in [2.24, 2.45) is 4.99 Å². The van der Waals surface area contributed by atoms with Crippen LogP contribution in [-0.4, -0.2) is 31.4 Å². The van der Waals surface area contributed by atoms with Crippen LogP contribution in [0.15, 0.2) is 28.6 Å². The Morgan fingerprint density at radius 1 is 1.45 bits per heavy atom. The van der Waals surface area contributed by atoms with E-state index >= 15 is 0 Å². The molecule has 106 valence electrons. The Kier molecular flexibility index (Phi) is 3.78. The summed E-state index contributed by atoms with van der Waals surface area (Å²) in [5.74, 6) is -0.992. The molecule has 0 saturated heterocycles.